The molecule has 5 heteroatoms. The van der Waals surface area contributed by atoms with E-state index in [-0.39, 0.29) is 7.69 Å². The number of hydrogen-bond donors (Lipinski definition) is 1. The Morgan fingerprint density at radius 1 is 1.29 bits per heavy atom. The van der Waals surface area contributed by atoms with Crippen molar-refractivity contribution >= 4 is 19.0 Å². The van der Waals surface area contributed by atoms with Crippen LogP contribution in [-0.2, 0) is 0 Å². The Balaban J connectivity index is 2.22. The molecular weight excluding hydrogens is 197 g/mol. The molecule has 0 atom stereocenters. The van der Waals surface area contributed by atoms with E-state index in [9.17, 15) is 0 Å². The highest BCUT2D eigenvalue weighted by molar-refractivity contribution is 7.13. The van der Waals surface area contributed by atoms with Crippen molar-refractivity contribution in [2.24, 2.45) is 0 Å². The summed E-state index contributed by atoms with van der Waals surface area (Å²) < 4.78 is 4.92. The first-order valence-corrected chi connectivity index (χ1v) is 5.02. The molecule has 1 aromatic carbocycles. The smallest absolute Gasteiger partial charge is 0.504 e. The van der Waals surface area contributed by atoms with Crippen LogP contribution in [0.4, 0.5) is 0 Å². The molecule has 0 aliphatic carbocycles. The Morgan fingerprint density at radius 3 is 2.64 bits per heavy atom. The Bertz CT molecular complexity index is 388. The molecule has 0 amide bonds. The molecule has 0 saturated heterocycles. The second-order valence-corrected chi connectivity index (χ2v) is 3.53. The van der Waals surface area contributed by atoms with Gasteiger partial charge in [0.1, 0.15) is 10.8 Å². The number of hydrogen-bond acceptors (Lipinski definition) is 4. The lowest BCUT2D eigenvalue weighted by atomic mass is 10.2. The molecule has 1 N–H and O–H groups in total. The Hall–Kier alpha value is -1.33. The minimum absolute atomic E-state index is 0.295. The molecule has 0 aliphatic heterocycles. The maximum atomic E-state index is 8.54. The van der Waals surface area contributed by atoms with Crippen molar-refractivity contribution in [2.45, 2.75) is 0 Å². The van der Waals surface area contributed by atoms with Gasteiger partial charge in [0.2, 0.25) is 0 Å². The number of nitrogens with zero attached hydrogens (tertiary/aromatic N) is 1. The maximum absolute atomic E-state index is 8.54. The fourth-order valence-electron chi connectivity index (χ4n) is 1.13. The quantitative estimate of drug-likeness (QED) is 0.771. The van der Waals surface area contributed by atoms with Crippen LogP contribution in [0.1, 0.15) is 0 Å². The molecule has 1 aromatic heterocycles. The minimum Gasteiger partial charge on any atom is -0.539 e. The normalized spacial score (nSPS) is 9.79. The van der Waals surface area contributed by atoms with Crippen molar-refractivity contribution in [1.82, 2.24) is 4.98 Å². The van der Waals surface area contributed by atoms with Crippen molar-refractivity contribution in [1.29, 1.82) is 0 Å². The summed E-state index contributed by atoms with van der Waals surface area (Å²) in [4.78, 5) is 4.19. The maximum Gasteiger partial charge on any atom is 0.504 e. The Morgan fingerprint density at radius 2 is 2.07 bits per heavy atom. The second-order valence-electron chi connectivity index (χ2n) is 2.64. The van der Waals surface area contributed by atoms with Crippen molar-refractivity contribution in [2.75, 3.05) is 0 Å². The number of benzene rings is 1. The first-order valence-electron chi connectivity index (χ1n) is 4.14. The molecule has 0 bridgehead atoms. The molecule has 1 heterocycles. The lowest BCUT2D eigenvalue weighted by molar-refractivity contribution is 0.454. The van der Waals surface area contributed by atoms with Gasteiger partial charge in [-0.15, -0.1) is 11.3 Å². The molecule has 0 spiro atoms. The zero-order chi connectivity index (χ0) is 9.80. The van der Waals surface area contributed by atoms with Gasteiger partial charge in [-0.05, 0) is 24.3 Å². The van der Waals surface area contributed by atoms with Crippen LogP contribution in [0.15, 0.2) is 35.8 Å². The molecule has 0 radical (unpaired) electrons. The number of aromatic nitrogens is 1. The number of rotatable bonds is 3. The Labute approximate surface area is 86.3 Å². The molecule has 0 fully saturated rings. The van der Waals surface area contributed by atoms with Crippen LogP contribution < -0.4 is 4.65 Å². The van der Waals surface area contributed by atoms with Crippen molar-refractivity contribution < 1.29 is 9.68 Å². The summed E-state index contributed by atoms with van der Waals surface area (Å²) in [7, 11) is -0.295. The topological polar surface area (TPSA) is 42.4 Å². The van der Waals surface area contributed by atoms with Gasteiger partial charge in [0, 0.05) is 17.1 Å². The summed E-state index contributed by atoms with van der Waals surface area (Å²) in [6.45, 7) is 0. The lowest BCUT2D eigenvalue weighted by Crippen LogP contribution is -1.99. The average molecular weight is 205 g/mol. The van der Waals surface area contributed by atoms with Gasteiger partial charge in [0.15, 0.2) is 0 Å². The molecule has 0 unspecified atom stereocenters. The van der Waals surface area contributed by atoms with Gasteiger partial charge < -0.3 is 9.68 Å². The van der Waals surface area contributed by atoms with Crippen LogP contribution in [-0.4, -0.2) is 17.7 Å². The molecule has 70 valence electrons. The highest BCUT2D eigenvalue weighted by Crippen LogP contribution is 2.23. The standard InChI is InChI=1S/C9H8BNO2S/c12-10-13-8-3-1-7(2-4-8)9-11-5-6-14-9/h1-6,10,12H. The van der Waals surface area contributed by atoms with E-state index in [1.165, 1.54) is 0 Å². The van der Waals surface area contributed by atoms with E-state index in [4.69, 9.17) is 9.68 Å². The molecule has 14 heavy (non-hydrogen) atoms. The van der Waals surface area contributed by atoms with Gasteiger partial charge in [0.05, 0.1) is 0 Å². The van der Waals surface area contributed by atoms with E-state index in [1.807, 2.05) is 29.6 Å². The van der Waals surface area contributed by atoms with Crippen LogP contribution in [0.3, 0.4) is 0 Å². The number of thiazole rings is 1. The van der Waals surface area contributed by atoms with Crippen LogP contribution >= 0.6 is 11.3 Å². The lowest BCUT2D eigenvalue weighted by Gasteiger charge is -2.01. The fraction of sp³-hybridized carbons (Fsp3) is 0. The molecule has 3 nitrogen and oxygen atoms in total. The summed E-state index contributed by atoms with van der Waals surface area (Å²) in [5, 5.41) is 11.5. The molecule has 0 saturated carbocycles. The monoisotopic (exact) mass is 205 g/mol. The van der Waals surface area contributed by atoms with Crippen LogP contribution in [0, 0.1) is 0 Å². The van der Waals surface area contributed by atoms with E-state index in [0.29, 0.717) is 5.75 Å². The van der Waals surface area contributed by atoms with E-state index in [2.05, 4.69) is 4.98 Å². The van der Waals surface area contributed by atoms with Gasteiger partial charge in [-0.3, -0.25) is 0 Å². The summed E-state index contributed by atoms with van der Waals surface area (Å²) >= 11 is 1.59. The van der Waals surface area contributed by atoms with Crippen molar-refractivity contribution in [3.05, 3.63) is 35.8 Å². The predicted octanol–water partition coefficient (Wildman–Crippen LogP) is 1.45. The second kappa shape index (κ2) is 4.26. The molecule has 2 rings (SSSR count). The highest BCUT2D eigenvalue weighted by Gasteiger charge is 2.00. The fourth-order valence-corrected chi connectivity index (χ4v) is 1.78. The largest absolute Gasteiger partial charge is 0.539 e. The minimum atomic E-state index is -0.295. The molecular formula is C9H8BNO2S. The van der Waals surface area contributed by atoms with E-state index in [1.54, 1.807) is 17.5 Å². The molecule has 2 aromatic rings. The average Bonchev–Trinajstić information content (AvgIpc) is 2.72. The van der Waals surface area contributed by atoms with Crippen LogP contribution in [0.25, 0.3) is 10.6 Å². The van der Waals surface area contributed by atoms with Gasteiger partial charge in [0.25, 0.3) is 0 Å². The van der Waals surface area contributed by atoms with Crippen LogP contribution in [0.5, 0.6) is 5.75 Å². The first-order chi connectivity index (χ1) is 6.90. The SMILES string of the molecule is OBOc1ccc(-c2nccs2)cc1. The van der Waals surface area contributed by atoms with E-state index in [0.717, 1.165) is 10.6 Å². The summed E-state index contributed by atoms with van der Waals surface area (Å²) in [6.07, 6.45) is 1.78. The first kappa shape index (κ1) is 9.24. The highest BCUT2D eigenvalue weighted by atomic mass is 32.1. The van der Waals surface area contributed by atoms with Crippen molar-refractivity contribution in [3.63, 3.8) is 0 Å². The Kier molecular flexibility index (Phi) is 2.81. The van der Waals surface area contributed by atoms with Gasteiger partial charge in [-0.1, -0.05) is 0 Å². The third-order valence-electron chi connectivity index (χ3n) is 1.76. The summed E-state index contributed by atoms with van der Waals surface area (Å²) in [5.74, 6) is 0.660. The van der Waals surface area contributed by atoms with Gasteiger partial charge in [-0.25, -0.2) is 4.98 Å². The van der Waals surface area contributed by atoms with Gasteiger partial charge in [-0.2, -0.15) is 0 Å². The van der Waals surface area contributed by atoms with E-state index >= 15 is 0 Å². The van der Waals surface area contributed by atoms with Crippen LogP contribution in [0.2, 0.25) is 0 Å². The summed E-state index contributed by atoms with van der Waals surface area (Å²) in [5.41, 5.74) is 1.06. The zero-order valence-corrected chi connectivity index (χ0v) is 8.20. The summed E-state index contributed by atoms with van der Waals surface area (Å²) in [6, 6.07) is 7.47. The van der Waals surface area contributed by atoms with E-state index < -0.39 is 0 Å². The third-order valence-corrected chi connectivity index (χ3v) is 2.59. The third kappa shape index (κ3) is 1.94. The zero-order valence-electron chi connectivity index (χ0n) is 7.38. The van der Waals surface area contributed by atoms with Gasteiger partial charge >= 0.3 is 7.69 Å². The molecule has 0 aliphatic rings. The van der Waals surface area contributed by atoms with Crippen molar-refractivity contribution in [3.8, 4) is 16.3 Å². The predicted molar refractivity (Wildman–Crippen MR) is 57.5 cm³/mol.